The lowest BCUT2D eigenvalue weighted by Crippen LogP contribution is -1.85. The van der Waals surface area contributed by atoms with Crippen molar-refractivity contribution < 1.29 is 4.39 Å². The SMILES string of the molecule is N#C/C(=C\c1cccc(F)c1)c1ccc(Cl)cc1Cl. The quantitative estimate of drug-likeness (QED) is 0.551. The van der Waals surface area contributed by atoms with E-state index in [1.807, 2.05) is 0 Å². The Kier molecular flexibility index (Phi) is 4.21. The molecule has 94 valence electrons. The molecule has 0 saturated heterocycles. The van der Waals surface area contributed by atoms with Crippen LogP contribution < -0.4 is 0 Å². The largest absolute Gasteiger partial charge is 0.207 e. The third-order valence-corrected chi connectivity index (χ3v) is 3.05. The van der Waals surface area contributed by atoms with E-state index in [1.165, 1.54) is 12.1 Å². The van der Waals surface area contributed by atoms with Crippen molar-refractivity contribution in [2.75, 3.05) is 0 Å². The Morgan fingerprint density at radius 3 is 2.58 bits per heavy atom. The zero-order valence-electron chi connectivity index (χ0n) is 9.70. The summed E-state index contributed by atoms with van der Waals surface area (Å²) < 4.78 is 13.1. The zero-order chi connectivity index (χ0) is 13.8. The Morgan fingerprint density at radius 2 is 1.95 bits per heavy atom. The molecule has 1 nitrogen and oxygen atoms in total. The lowest BCUT2D eigenvalue weighted by atomic mass is 10.0. The topological polar surface area (TPSA) is 23.8 Å². The number of benzene rings is 2. The van der Waals surface area contributed by atoms with Crippen LogP contribution in [0.25, 0.3) is 11.6 Å². The summed E-state index contributed by atoms with van der Waals surface area (Å²) >= 11 is 11.9. The van der Waals surface area contributed by atoms with E-state index in [-0.39, 0.29) is 5.82 Å². The van der Waals surface area contributed by atoms with Gasteiger partial charge in [0, 0.05) is 10.6 Å². The van der Waals surface area contributed by atoms with Gasteiger partial charge in [0.05, 0.1) is 16.7 Å². The van der Waals surface area contributed by atoms with Crippen molar-refractivity contribution in [1.82, 2.24) is 0 Å². The first-order chi connectivity index (χ1) is 9.10. The molecule has 4 heteroatoms. The average molecular weight is 292 g/mol. The standard InChI is InChI=1S/C15H8Cl2FN/c16-12-4-5-14(15(17)8-12)11(9-19)6-10-2-1-3-13(18)7-10/h1-8H/b11-6+. The van der Waals surface area contributed by atoms with Gasteiger partial charge in [0.2, 0.25) is 0 Å². The fourth-order valence-corrected chi connectivity index (χ4v) is 2.15. The summed E-state index contributed by atoms with van der Waals surface area (Å²) in [5.74, 6) is -0.353. The van der Waals surface area contributed by atoms with Gasteiger partial charge in [0.1, 0.15) is 5.82 Å². The fourth-order valence-electron chi connectivity index (χ4n) is 1.64. The molecule has 0 unspecified atom stereocenters. The van der Waals surface area contributed by atoms with Crippen LogP contribution in [-0.2, 0) is 0 Å². The van der Waals surface area contributed by atoms with Gasteiger partial charge in [0.25, 0.3) is 0 Å². The lowest BCUT2D eigenvalue weighted by molar-refractivity contribution is 0.627. The molecule has 19 heavy (non-hydrogen) atoms. The molecule has 0 amide bonds. The molecule has 2 aromatic carbocycles. The molecule has 0 aliphatic carbocycles. The molecule has 0 heterocycles. The van der Waals surface area contributed by atoms with Crippen LogP contribution in [0, 0.1) is 17.1 Å². The second kappa shape index (κ2) is 5.88. The van der Waals surface area contributed by atoms with Crippen molar-refractivity contribution in [3.8, 4) is 6.07 Å². The zero-order valence-corrected chi connectivity index (χ0v) is 11.2. The maximum atomic E-state index is 13.1. The van der Waals surface area contributed by atoms with Gasteiger partial charge in [-0.1, -0.05) is 41.4 Å². The van der Waals surface area contributed by atoms with E-state index in [2.05, 4.69) is 6.07 Å². The molecule has 2 rings (SSSR count). The van der Waals surface area contributed by atoms with Crippen LogP contribution in [0.3, 0.4) is 0 Å². The molecule has 0 aliphatic heterocycles. The summed E-state index contributed by atoms with van der Waals surface area (Å²) in [6.07, 6.45) is 1.58. The molecule has 0 aliphatic rings. The van der Waals surface area contributed by atoms with E-state index in [9.17, 15) is 9.65 Å². The van der Waals surface area contributed by atoms with Crippen LogP contribution >= 0.6 is 23.2 Å². The Morgan fingerprint density at radius 1 is 1.16 bits per heavy atom. The van der Waals surface area contributed by atoms with E-state index < -0.39 is 0 Å². The van der Waals surface area contributed by atoms with E-state index in [4.69, 9.17) is 23.2 Å². The van der Waals surface area contributed by atoms with Gasteiger partial charge in [0.15, 0.2) is 0 Å². The molecule has 0 bridgehead atoms. The van der Waals surface area contributed by atoms with Crippen molar-refractivity contribution in [3.05, 3.63) is 69.5 Å². The molecule has 0 radical (unpaired) electrons. The van der Waals surface area contributed by atoms with Crippen molar-refractivity contribution in [1.29, 1.82) is 5.26 Å². The van der Waals surface area contributed by atoms with Crippen LogP contribution in [0.1, 0.15) is 11.1 Å². The number of rotatable bonds is 2. The van der Waals surface area contributed by atoms with Gasteiger partial charge < -0.3 is 0 Å². The molecule has 0 saturated carbocycles. The molecular weight excluding hydrogens is 284 g/mol. The predicted octanol–water partition coefficient (Wildman–Crippen LogP) is 5.20. The third-order valence-electron chi connectivity index (χ3n) is 2.50. The van der Waals surface area contributed by atoms with Crippen molar-refractivity contribution in [2.45, 2.75) is 0 Å². The van der Waals surface area contributed by atoms with Crippen LogP contribution in [0.15, 0.2) is 42.5 Å². The maximum absolute atomic E-state index is 13.1. The summed E-state index contributed by atoms with van der Waals surface area (Å²) in [6, 6.07) is 12.9. The molecule has 0 N–H and O–H groups in total. The minimum atomic E-state index is -0.353. The van der Waals surface area contributed by atoms with Gasteiger partial charge in [-0.2, -0.15) is 5.26 Å². The summed E-state index contributed by atoms with van der Waals surface area (Å²) in [5.41, 5.74) is 1.52. The number of nitrogens with zero attached hydrogens (tertiary/aromatic N) is 1. The minimum Gasteiger partial charge on any atom is -0.207 e. The van der Waals surface area contributed by atoms with Gasteiger partial charge in [-0.05, 0) is 35.9 Å². The van der Waals surface area contributed by atoms with E-state index in [0.29, 0.717) is 26.7 Å². The van der Waals surface area contributed by atoms with Crippen LogP contribution in [0.5, 0.6) is 0 Å². The highest BCUT2D eigenvalue weighted by Gasteiger charge is 2.07. The highest BCUT2D eigenvalue weighted by atomic mass is 35.5. The van der Waals surface area contributed by atoms with Gasteiger partial charge in [-0.25, -0.2) is 4.39 Å². The van der Waals surface area contributed by atoms with E-state index in [1.54, 1.807) is 36.4 Å². The highest BCUT2D eigenvalue weighted by Crippen LogP contribution is 2.28. The average Bonchev–Trinajstić information content (AvgIpc) is 2.37. The fraction of sp³-hybridized carbons (Fsp3) is 0. The second-order valence-electron chi connectivity index (χ2n) is 3.85. The van der Waals surface area contributed by atoms with Crippen molar-refractivity contribution >= 4 is 34.9 Å². The predicted molar refractivity (Wildman–Crippen MR) is 76.3 cm³/mol. The van der Waals surface area contributed by atoms with E-state index in [0.717, 1.165) is 0 Å². The Labute approximate surface area is 120 Å². The number of hydrogen-bond acceptors (Lipinski definition) is 1. The highest BCUT2D eigenvalue weighted by molar-refractivity contribution is 6.36. The number of hydrogen-bond donors (Lipinski definition) is 0. The maximum Gasteiger partial charge on any atom is 0.123 e. The first-order valence-corrected chi connectivity index (χ1v) is 6.18. The number of nitriles is 1. The van der Waals surface area contributed by atoms with Crippen LogP contribution in [0.2, 0.25) is 10.0 Å². The summed E-state index contributed by atoms with van der Waals surface area (Å²) in [4.78, 5) is 0. The van der Waals surface area contributed by atoms with Crippen molar-refractivity contribution in [3.63, 3.8) is 0 Å². The van der Waals surface area contributed by atoms with E-state index >= 15 is 0 Å². The second-order valence-corrected chi connectivity index (χ2v) is 4.69. The normalized spacial score (nSPS) is 11.2. The molecule has 0 spiro atoms. The van der Waals surface area contributed by atoms with Crippen LogP contribution in [0.4, 0.5) is 4.39 Å². The molecule has 0 fully saturated rings. The van der Waals surface area contributed by atoms with Gasteiger partial charge in [-0.15, -0.1) is 0 Å². The molecular formula is C15H8Cl2FN. The first-order valence-electron chi connectivity index (χ1n) is 5.43. The minimum absolute atomic E-state index is 0.353. The Bertz CT molecular complexity index is 687. The van der Waals surface area contributed by atoms with Crippen molar-refractivity contribution in [2.24, 2.45) is 0 Å². The summed E-state index contributed by atoms with van der Waals surface area (Å²) in [6.45, 7) is 0. The monoisotopic (exact) mass is 291 g/mol. The van der Waals surface area contributed by atoms with Gasteiger partial charge in [-0.3, -0.25) is 0 Å². The lowest BCUT2D eigenvalue weighted by Gasteiger charge is -2.03. The molecule has 2 aromatic rings. The molecule has 0 atom stereocenters. The smallest absolute Gasteiger partial charge is 0.123 e. The number of allylic oxidation sites excluding steroid dienone is 1. The Hall–Kier alpha value is -1.82. The summed E-state index contributed by atoms with van der Waals surface area (Å²) in [5, 5.41) is 10.1. The molecule has 0 aromatic heterocycles. The van der Waals surface area contributed by atoms with Crippen LogP contribution in [-0.4, -0.2) is 0 Å². The number of halogens is 3. The summed E-state index contributed by atoms with van der Waals surface area (Å²) in [7, 11) is 0. The third kappa shape index (κ3) is 3.35. The Balaban J connectivity index is 2.48. The first kappa shape index (κ1) is 13.6. The van der Waals surface area contributed by atoms with Gasteiger partial charge >= 0.3 is 0 Å².